The topological polar surface area (TPSA) is 32.3 Å². The van der Waals surface area contributed by atoms with Crippen LogP contribution in [0.4, 0.5) is 13.6 Å². The minimum atomic E-state index is -2.68. The summed E-state index contributed by atoms with van der Waals surface area (Å²) in [5, 5.41) is 2.75. The molecule has 14 heavy (non-hydrogen) atoms. The van der Waals surface area contributed by atoms with Crippen LogP contribution in [0.25, 0.3) is 0 Å². The van der Waals surface area contributed by atoms with Gasteiger partial charge in [0.2, 0.25) is 0 Å². The lowest BCUT2D eigenvalue weighted by molar-refractivity contribution is 0.0151. The Labute approximate surface area is 81.4 Å². The quantitative estimate of drug-likeness (QED) is 0.691. The van der Waals surface area contributed by atoms with Gasteiger partial charge in [-0.1, -0.05) is 0 Å². The third-order valence-electron chi connectivity index (χ3n) is 2.89. The number of hydrogen-bond donors (Lipinski definition) is 1. The lowest BCUT2D eigenvalue weighted by Crippen LogP contribution is -2.47. The zero-order chi connectivity index (χ0) is 10.2. The molecular formula is C9H14F2N2O. The molecule has 2 aliphatic rings. The van der Waals surface area contributed by atoms with Crippen LogP contribution in [0, 0.1) is 0 Å². The summed E-state index contributed by atoms with van der Waals surface area (Å²) in [5.41, 5.74) is 0. The van der Waals surface area contributed by atoms with Crippen molar-refractivity contribution in [1.29, 1.82) is 0 Å². The van der Waals surface area contributed by atoms with Gasteiger partial charge in [0.15, 0.2) is 0 Å². The van der Waals surface area contributed by atoms with Crippen molar-refractivity contribution in [1.82, 2.24) is 10.2 Å². The predicted octanol–water partition coefficient (Wildman–Crippen LogP) is 1.59. The molecule has 1 N–H and O–H groups in total. The molecule has 0 aromatic rings. The summed E-state index contributed by atoms with van der Waals surface area (Å²) < 4.78 is 25.5. The second kappa shape index (κ2) is 3.37. The van der Waals surface area contributed by atoms with Gasteiger partial charge in [0.1, 0.15) is 0 Å². The molecule has 1 heterocycles. The number of carbonyl (C=O) groups is 1. The highest BCUT2D eigenvalue weighted by Gasteiger charge is 2.40. The Morgan fingerprint density at radius 1 is 1.43 bits per heavy atom. The Balaban J connectivity index is 1.80. The van der Waals surface area contributed by atoms with E-state index in [2.05, 4.69) is 5.32 Å². The summed E-state index contributed by atoms with van der Waals surface area (Å²) in [6.07, 6.45) is 2.89. The Bertz CT molecular complexity index is 241. The van der Waals surface area contributed by atoms with Gasteiger partial charge in [0, 0.05) is 19.0 Å². The first-order valence-electron chi connectivity index (χ1n) is 5.00. The maximum absolute atomic E-state index is 12.8. The molecule has 2 fully saturated rings. The SMILES string of the molecule is O=C(NC1CCC1)N1CCC(F)(F)C1. The number of alkyl halides is 2. The second-order valence-corrected chi connectivity index (χ2v) is 4.10. The number of hydrogen-bond acceptors (Lipinski definition) is 1. The van der Waals surface area contributed by atoms with Gasteiger partial charge in [-0.2, -0.15) is 0 Å². The molecule has 80 valence electrons. The molecule has 1 aliphatic heterocycles. The van der Waals surface area contributed by atoms with Gasteiger partial charge in [-0.25, -0.2) is 13.6 Å². The van der Waals surface area contributed by atoms with Crippen LogP contribution in [0.15, 0.2) is 0 Å². The summed E-state index contributed by atoms with van der Waals surface area (Å²) in [6, 6.07) is -0.108. The fourth-order valence-electron chi connectivity index (χ4n) is 1.73. The maximum atomic E-state index is 12.8. The Kier molecular flexibility index (Phi) is 2.33. The highest BCUT2D eigenvalue weighted by Crippen LogP contribution is 2.27. The van der Waals surface area contributed by atoms with Crippen LogP contribution in [0.5, 0.6) is 0 Å². The molecule has 0 aromatic carbocycles. The third-order valence-corrected chi connectivity index (χ3v) is 2.89. The van der Waals surface area contributed by atoms with Crippen molar-refractivity contribution in [2.75, 3.05) is 13.1 Å². The summed E-state index contributed by atoms with van der Waals surface area (Å²) in [6.45, 7) is -0.253. The van der Waals surface area contributed by atoms with Crippen LogP contribution in [0.2, 0.25) is 0 Å². The Hall–Kier alpha value is -0.870. The van der Waals surface area contributed by atoms with E-state index in [4.69, 9.17) is 0 Å². The standard InChI is InChI=1S/C9H14F2N2O/c10-9(11)4-5-13(6-9)8(14)12-7-2-1-3-7/h7H,1-6H2,(H,12,14). The van der Waals surface area contributed by atoms with Gasteiger partial charge < -0.3 is 10.2 Å². The van der Waals surface area contributed by atoms with E-state index in [0.717, 1.165) is 19.3 Å². The number of carbonyl (C=O) groups excluding carboxylic acids is 1. The van der Waals surface area contributed by atoms with Crippen molar-refractivity contribution in [3.05, 3.63) is 0 Å². The van der Waals surface area contributed by atoms with Gasteiger partial charge in [0.05, 0.1) is 6.54 Å². The molecule has 1 saturated carbocycles. The fourth-order valence-corrected chi connectivity index (χ4v) is 1.73. The second-order valence-electron chi connectivity index (χ2n) is 4.10. The average Bonchev–Trinajstić information content (AvgIpc) is 2.38. The first-order valence-corrected chi connectivity index (χ1v) is 5.00. The summed E-state index contributed by atoms with van der Waals surface area (Å²) in [4.78, 5) is 12.6. The molecule has 0 spiro atoms. The van der Waals surface area contributed by atoms with E-state index in [9.17, 15) is 13.6 Å². The van der Waals surface area contributed by atoms with Crippen LogP contribution in [-0.4, -0.2) is 36.0 Å². The molecule has 0 atom stereocenters. The lowest BCUT2D eigenvalue weighted by atomic mass is 9.93. The van der Waals surface area contributed by atoms with Crippen LogP contribution in [-0.2, 0) is 0 Å². The number of amides is 2. The van der Waals surface area contributed by atoms with Crippen molar-refractivity contribution >= 4 is 6.03 Å². The molecule has 0 aromatic heterocycles. The Morgan fingerprint density at radius 3 is 2.57 bits per heavy atom. The van der Waals surface area contributed by atoms with Crippen LogP contribution >= 0.6 is 0 Å². The predicted molar refractivity (Wildman–Crippen MR) is 47.3 cm³/mol. The number of likely N-dealkylation sites (tertiary alicyclic amines) is 1. The van der Waals surface area contributed by atoms with E-state index in [-0.39, 0.29) is 25.0 Å². The fraction of sp³-hybridized carbons (Fsp3) is 0.889. The van der Waals surface area contributed by atoms with E-state index in [1.807, 2.05) is 0 Å². The van der Waals surface area contributed by atoms with Gasteiger partial charge in [-0.3, -0.25) is 0 Å². The Morgan fingerprint density at radius 2 is 2.14 bits per heavy atom. The molecule has 0 radical (unpaired) electrons. The average molecular weight is 204 g/mol. The van der Waals surface area contributed by atoms with Crippen LogP contribution in [0.3, 0.4) is 0 Å². The summed E-state index contributed by atoms with van der Waals surface area (Å²) in [7, 11) is 0. The van der Waals surface area contributed by atoms with Gasteiger partial charge in [0.25, 0.3) is 5.92 Å². The van der Waals surface area contributed by atoms with E-state index in [0.29, 0.717) is 0 Å². The number of rotatable bonds is 1. The van der Waals surface area contributed by atoms with E-state index in [1.165, 1.54) is 4.90 Å². The molecule has 5 heteroatoms. The molecule has 0 bridgehead atoms. The van der Waals surface area contributed by atoms with Crippen molar-refractivity contribution in [2.45, 2.75) is 37.6 Å². The number of halogens is 2. The maximum Gasteiger partial charge on any atom is 0.317 e. The van der Waals surface area contributed by atoms with E-state index in [1.54, 1.807) is 0 Å². The number of urea groups is 1. The van der Waals surface area contributed by atoms with Gasteiger partial charge >= 0.3 is 6.03 Å². The molecule has 1 aliphatic carbocycles. The minimum absolute atomic E-state index is 0.172. The van der Waals surface area contributed by atoms with Crippen molar-refractivity contribution in [3.63, 3.8) is 0 Å². The number of nitrogens with one attached hydrogen (secondary N) is 1. The van der Waals surface area contributed by atoms with Crippen molar-refractivity contribution in [3.8, 4) is 0 Å². The first kappa shape index (κ1) is 9.68. The first-order chi connectivity index (χ1) is 6.57. The zero-order valence-corrected chi connectivity index (χ0v) is 7.93. The highest BCUT2D eigenvalue weighted by atomic mass is 19.3. The van der Waals surface area contributed by atoms with Gasteiger partial charge in [-0.05, 0) is 19.3 Å². The summed E-state index contributed by atoms with van der Waals surface area (Å²) in [5.74, 6) is -2.68. The third kappa shape index (κ3) is 1.96. The van der Waals surface area contributed by atoms with Crippen molar-refractivity contribution < 1.29 is 13.6 Å². The van der Waals surface area contributed by atoms with Crippen LogP contribution < -0.4 is 5.32 Å². The molecule has 0 unspecified atom stereocenters. The van der Waals surface area contributed by atoms with Gasteiger partial charge in [-0.15, -0.1) is 0 Å². The van der Waals surface area contributed by atoms with E-state index < -0.39 is 12.5 Å². The molecule has 3 nitrogen and oxygen atoms in total. The smallest absolute Gasteiger partial charge is 0.317 e. The number of nitrogens with zero attached hydrogens (tertiary/aromatic N) is 1. The molecule has 1 saturated heterocycles. The largest absolute Gasteiger partial charge is 0.335 e. The monoisotopic (exact) mass is 204 g/mol. The zero-order valence-electron chi connectivity index (χ0n) is 7.93. The summed E-state index contributed by atoms with van der Waals surface area (Å²) >= 11 is 0. The lowest BCUT2D eigenvalue weighted by Gasteiger charge is -2.28. The van der Waals surface area contributed by atoms with Crippen molar-refractivity contribution in [2.24, 2.45) is 0 Å². The minimum Gasteiger partial charge on any atom is -0.335 e. The highest BCUT2D eigenvalue weighted by molar-refractivity contribution is 5.75. The normalized spacial score (nSPS) is 26.0. The molecular weight excluding hydrogens is 190 g/mol. The molecule has 2 amide bonds. The molecule has 2 rings (SSSR count). The van der Waals surface area contributed by atoms with Crippen LogP contribution in [0.1, 0.15) is 25.7 Å². The van der Waals surface area contributed by atoms with E-state index >= 15 is 0 Å².